The molecule has 1 atom stereocenters. The number of carbonyl (C=O) groups is 2. The molecule has 5 nitrogen and oxygen atoms in total. The summed E-state index contributed by atoms with van der Waals surface area (Å²) in [7, 11) is 1.33. The van der Waals surface area contributed by atoms with Gasteiger partial charge >= 0.3 is 12.0 Å². The first-order valence-corrected chi connectivity index (χ1v) is 7.62. The number of nitrogens with one attached hydrogen (secondary N) is 2. The number of benzene rings is 2. The maximum atomic E-state index is 12.1. The van der Waals surface area contributed by atoms with Gasteiger partial charge in [0.15, 0.2) is 0 Å². The minimum Gasteiger partial charge on any atom is -0.466 e. The van der Waals surface area contributed by atoms with Gasteiger partial charge in [-0.1, -0.05) is 54.6 Å². The molecule has 1 heterocycles. The third-order valence-corrected chi connectivity index (χ3v) is 4.03. The lowest BCUT2D eigenvalue weighted by Crippen LogP contribution is -2.45. The number of esters is 1. The van der Waals surface area contributed by atoms with Crippen LogP contribution in [0.5, 0.6) is 0 Å². The summed E-state index contributed by atoms with van der Waals surface area (Å²) >= 11 is 0. The third-order valence-electron chi connectivity index (χ3n) is 4.03. The van der Waals surface area contributed by atoms with Crippen molar-refractivity contribution in [1.82, 2.24) is 10.6 Å². The topological polar surface area (TPSA) is 67.4 Å². The molecule has 0 radical (unpaired) electrons. The minimum absolute atomic E-state index is 0.336. The number of urea groups is 1. The molecule has 2 aromatic carbocycles. The Hall–Kier alpha value is -3.08. The summed E-state index contributed by atoms with van der Waals surface area (Å²) in [5.74, 6) is -0.461. The molecule has 24 heavy (non-hydrogen) atoms. The number of hydrogen-bond acceptors (Lipinski definition) is 3. The molecule has 0 spiro atoms. The lowest BCUT2D eigenvalue weighted by molar-refractivity contribution is -0.136. The van der Waals surface area contributed by atoms with Crippen LogP contribution in [-0.2, 0) is 9.53 Å². The van der Waals surface area contributed by atoms with Gasteiger partial charge in [-0.3, -0.25) is 0 Å². The molecule has 0 aromatic heterocycles. The number of carbonyl (C=O) groups excluding carboxylic acids is 2. The largest absolute Gasteiger partial charge is 0.466 e. The summed E-state index contributed by atoms with van der Waals surface area (Å²) in [6.45, 7) is 1.69. The van der Waals surface area contributed by atoms with Gasteiger partial charge in [0.25, 0.3) is 0 Å². The van der Waals surface area contributed by atoms with E-state index in [1.807, 2.05) is 54.6 Å². The van der Waals surface area contributed by atoms with Gasteiger partial charge < -0.3 is 15.4 Å². The number of rotatable bonds is 3. The summed E-state index contributed by atoms with van der Waals surface area (Å²) in [6, 6.07) is 16.9. The molecule has 1 aliphatic rings. The minimum atomic E-state index is -0.531. The highest BCUT2D eigenvalue weighted by Crippen LogP contribution is 2.29. The standard InChI is InChI=1S/C19H18N2O3/c1-12-16(18(22)24-2)17(21-19(23)20-12)15-10-8-14(9-11-15)13-6-4-3-5-7-13/h3-11,17H,1-2H3,(H2,20,21,23)/t17-/m1/s1. The average Bonchev–Trinajstić information content (AvgIpc) is 2.61. The molecule has 5 heteroatoms. The summed E-state index contributed by atoms with van der Waals surface area (Å²) in [5, 5.41) is 5.39. The van der Waals surface area contributed by atoms with Crippen LogP contribution in [0.15, 0.2) is 65.9 Å². The first-order chi connectivity index (χ1) is 11.6. The van der Waals surface area contributed by atoms with Crippen LogP contribution in [0, 0.1) is 0 Å². The van der Waals surface area contributed by atoms with Crippen molar-refractivity contribution in [2.75, 3.05) is 7.11 Å². The van der Waals surface area contributed by atoms with Crippen molar-refractivity contribution in [3.05, 3.63) is 71.4 Å². The Kier molecular flexibility index (Phi) is 4.33. The summed E-state index contributed by atoms with van der Waals surface area (Å²) in [5.41, 5.74) is 3.91. The van der Waals surface area contributed by atoms with Gasteiger partial charge in [-0.05, 0) is 23.6 Å². The maximum Gasteiger partial charge on any atom is 0.337 e. The summed E-state index contributed by atoms with van der Waals surface area (Å²) in [6.07, 6.45) is 0. The molecular formula is C19H18N2O3. The van der Waals surface area contributed by atoms with Crippen LogP contribution < -0.4 is 10.6 Å². The van der Waals surface area contributed by atoms with Crippen molar-refractivity contribution in [3.63, 3.8) is 0 Å². The van der Waals surface area contributed by atoms with Gasteiger partial charge in [0.1, 0.15) is 0 Å². The Labute approximate surface area is 140 Å². The number of ether oxygens (including phenoxy) is 1. The van der Waals surface area contributed by atoms with Crippen molar-refractivity contribution in [2.45, 2.75) is 13.0 Å². The average molecular weight is 322 g/mol. The molecule has 2 aromatic rings. The van der Waals surface area contributed by atoms with Crippen LogP contribution in [-0.4, -0.2) is 19.1 Å². The van der Waals surface area contributed by atoms with Crippen molar-refractivity contribution >= 4 is 12.0 Å². The van der Waals surface area contributed by atoms with Crippen LogP contribution in [0.3, 0.4) is 0 Å². The quantitative estimate of drug-likeness (QED) is 0.853. The predicted molar refractivity (Wildman–Crippen MR) is 91.0 cm³/mol. The fourth-order valence-corrected chi connectivity index (χ4v) is 2.82. The first-order valence-electron chi connectivity index (χ1n) is 7.62. The second kappa shape index (κ2) is 6.58. The Bertz CT molecular complexity index is 795. The van der Waals surface area contributed by atoms with E-state index in [0.29, 0.717) is 11.3 Å². The normalized spacial score (nSPS) is 17.1. The van der Waals surface area contributed by atoms with Gasteiger partial charge in [0.2, 0.25) is 0 Å². The highest BCUT2D eigenvalue weighted by Gasteiger charge is 2.31. The molecule has 1 aliphatic heterocycles. The highest BCUT2D eigenvalue weighted by molar-refractivity contribution is 5.94. The molecule has 0 fully saturated rings. The summed E-state index contributed by atoms with van der Waals surface area (Å²) < 4.78 is 4.85. The van der Waals surface area contributed by atoms with Crippen molar-refractivity contribution in [2.24, 2.45) is 0 Å². The zero-order chi connectivity index (χ0) is 17.1. The van der Waals surface area contributed by atoms with Crippen molar-refractivity contribution in [3.8, 4) is 11.1 Å². The second-order valence-electron chi connectivity index (χ2n) is 5.55. The van der Waals surface area contributed by atoms with E-state index in [0.717, 1.165) is 16.7 Å². The van der Waals surface area contributed by atoms with Crippen molar-refractivity contribution < 1.29 is 14.3 Å². The molecule has 0 bridgehead atoms. The maximum absolute atomic E-state index is 12.1. The molecule has 2 N–H and O–H groups in total. The molecule has 2 amide bonds. The van der Waals surface area contributed by atoms with Crippen LogP contribution >= 0.6 is 0 Å². The molecule has 122 valence electrons. The Morgan fingerprint density at radius 2 is 1.62 bits per heavy atom. The Balaban J connectivity index is 1.96. The number of methoxy groups -OCH3 is 1. The lowest BCUT2D eigenvalue weighted by atomic mass is 9.94. The molecule has 0 aliphatic carbocycles. The van der Waals surface area contributed by atoms with Gasteiger partial charge in [-0.25, -0.2) is 9.59 Å². The SMILES string of the molecule is COC(=O)C1=C(C)NC(=O)N[C@@H]1c1ccc(-c2ccccc2)cc1. The van der Waals surface area contributed by atoms with Crippen LogP contribution in [0.4, 0.5) is 4.79 Å². The van der Waals surface area contributed by atoms with E-state index in [4.69, 9.17) is 4.74 Å². The third kappa shape index (κ3) is 3.01. The molecular weight excluding hydrogens is 304 g/mol. The summed E-state index contributed by atoms with van der Waals surface area (Å²) in [4.78, 5) is 23.9. The van der Waals surface area contributed by atoms with E-state index in [2.05, 4.69) is 10.6 Å². The first kappa shape index (κ1) is 15.8. The van der Waals surface area contributed by atoms with E-state index in [1.165, 1.54) is 7.11 Å². The van der Waals surface area contributed by atoms with E-state index in [-0.39, 0.29) is 6.03 Å². The van der Waals surface area contributed by atoms with Gasteiger partial charge in [-0.2, -0.15) is 0 Å². The van der Waals surface area contributed by atoms with Crippen LogP contribution in [0.2, 0.25) is 0 Å². The highest BCUT2D eigenvalue weighted by atomic mass is 16.5. The monoisotopic (exact) mass is 322 g/mol. The Morgan fingerprint density at radius 1 is 1.00 bits per heavy atom. The zero-order valence-corrected chi connectivity index (χ0v) is 13.5. The Morgan fingerprint density at radius 3 is 2.25 bits per heavy atom. The van der Waals surface area contributed by atoms with Crippen LogP contribution in [0.1, 0.15) is 18.5 Å². The van der Waals surface area contributed by atoms with E-state index in [1.54, 1.807) is 6.92 Å². The molecule has 0 unspecified atom stereocenters. The molecule has 3 rings (SSSR count). The second-order valence-corrected chi connectivity index (χ2v) is 5.55. The fraction of sp³-hybridized carbons (Fsp3) is 0.158. The number of hydrogen-bond donors (Lipinski definition) is 2. The smallest absolute Gasteiger partial charge is 0.337 e. The lowest BCUT2D eigenvalue weighted by Gasteiger charge is -2.27. The molecule has 0 saturated carbocycles. The van der Waals surface area contributed by atoms with E-state index >= 15 is 0 Å². The predicted octanol–water partition coefficient (Wildman–Crippen LogP) is 3.15. The van der Waals surface area contributed by atoms with Gasteiger partial charge in [-0.15, -0.1) is 0 Å². The van der Waals surface area contributed by atoms with Crippen molar-refractivity contribution in [1.29, 1.82) is 0 Å². The fourth-order valence-electron chi connectivity index (χ4n) is 2.82. The van der Waals surface area contributed by atoms with Gasteiger partial charge in [0.05, 0.1) is 18.7 Å². The zero-order valence-electron chi connectivity index (χ0n) is 13.5. The number of allylic oxidation sites excluding steroid dienone is 1. The van der Waals surface area contributed by atoms with E-state index < -0.39 is 12.0 Å². The number of amides is 2. The van der Waals surface area contributed by atoms with Crippen LogP contribution in [0.25, 0.3) is 11.1 Å². The van der Waals surface area contributed by atoms with E-state index in [9.17, 15) is 9.59 Å². The van der Waals surface area contributed by atoms with Gasteiger partial charge in [0, 0.05) is 5.70 Å². The molecule has 0 saturated heterocycles.